The quantitative estimate of drug-likeness (QED) is 0.922. The van der Waals surface area contributed by atoms with Crippen LogP contribution in [0.4, 0.5) is 0 Å². The van der Waals surface area contributed by atoms with Gasteiger partial charge in [-0.25, -0.2) is 0 Å². The molecule has 1 amide bonds. The first-order valence-electron chi connectivity index (χ1n) is 7.55. The van der Waals surface area contributed by atoms with Gasteiger partial charge in [-0.1, -0.05) is 24.3 Å². The maximum Gasteiger partial charge on any atom is 0.261 e. The number of hydrogen-bond donors (Lipinski definition) is 1. The third-order valence-corrected chi connectivity index (χ3v) is 3.68. The van der Waals surface area contributed by atoms with E-state index in [1.54, 1.807) is 6.92 Å². The molecule has 0 bridgehead atoms. The SMILES string of the molecule is CC(Oc1ccccc1)C(=O)NC(C)c1ccc2c(c1)OCO2. The van der Waals surface area contributed by atoms with Gasteiger partial charge in [0, 0.05) is 0 Å². The normalized spacial score (nSPS) is 14.9. The minimum atomic E-state index is -0.575. The number of rotatable bonds is 5. The van der Waals surface area contributed by atoms with Gasteiger partial charge in [0.15, 0.2) is 17.6 Å². The number of hydrogen-bond acceptors (Lipinski definition) is 4. The third kappa shape index (κ3) is 3.56. The molecule has 2 aromatic carbocycles. The number of carbonyl (C=O) groups is 1. The zero-order chi connectivity index (χ0) is 16.2. The van der Waals surface area contributed by atoms with E-state index in [0.717, 1.165) is 11.3 Å². The van der Waals surface area contributed by atoms with Gasteiger partial charge < -0.3 is 19.5 Å². The molecule has 0 aliphatic carbocycles. The summed E-state index contributed by atoms with van der Waals surface area (Å²) in [5.74, 6) is 1.94. The average molecular weight is 313 g/mol. The molecule has 1 N–H and O–H groups in total. The first kappa shape index (κ1) is 15.2. The molecule has 2 atom stereocenters. The molecule has 2 unspecified atom stereocenters. The van der Waals surface area contributed by atoms with Crippen molar-refractivity contribution in [1.29, 1.82) is 0 Å². The van der Waals surface area contributed by atoms with Crippen molar-refractivity contribution in [1.82, 2.24) is 5.32 Å². The lowest BCUT2D eigenvalue weighted by molar-refractivity contribution is -0.127. The highest BCUT2D eigenvalue weighted by Crippen LogP contribution is 2.34. The van der Waals surface area contributed by atoms with Gasteiger partial charge in [-0.3, -0.25) is 4.79 Å². The van der Waals surface area contributed by atoms with E-state index in [1.807, 2.05) is 55.5 Å². The fourth-order valence-corrected chi connectivity index (χ4v) is 2.35. The highest BCUT2D eigenvalue weighted by molar-refractivity contribution is 5.81. The average Bonchev–Trinajstić information content (AvgIpc) is 3.03. The number of amides is 1. The second-order valence-corrected chi connectivity index (χ2v) is 5.42. The van der Waals surface area contributed by atoms with Crippen LogP contribution in [0.1, 0.15) is 25.5 Å². The molecule has 0 radical (unpaired) electrons. The largest absolute Gasteiger partial charge is 0.481 e. The fourth-order valence-electron chi connectivity index (χ4n) is 2.35. The van der Waals surface area contributed by atoms with E-state index in [4.69, 9.17) is 14.2 Å². The van der Waals surface area contributed by atoms with E-state index >= 15 is 0 Å². The van der Waals surface area contributed by atoms with Crippen LogP contribution in [0.3, 0.4) is 0 Å². The van der Waals surface area contributed by atoms with Crippen molar-refractivity contribution in [2.75, 3.05) is 6.79 Å². The molecule has 0 saturated carbocycles. The molecule has 0 saturated heterocycles. The standard InChI is InChI=1S/C18H19NO4/c1-12(14-8-9-16-17(10-14)22-11-21-16)19-18(20)13(2)23-15-6-4-3-5-7-15/h3-10,12-13H,11H2,1-2H3,(H,19,20). The summed E-state index contributed by atoms with van der Waals surface area (Å²) in [5, 5.41) is 2.95. The molecular formula is C18H19NO4. The summed E-state index contributed by atoms with van der Waals surface area (Å²) in [4.78, 5) is 12.3. The van der Waals surface area contributed by atoms with E-state index in [9.17, 15) is 4.79 Å². The Kier molecular flexibility index (Phi) is 4.37. The fraction of sp³-hybridized carbons (Fsp3) is 0.278. The minimum absolute atomic E-state index is 0.154. The summed E-state index contributed by atoms with van der Waals surface area (Å²) in [7, 11) is 0. The molecule has 2 aromatic rings. The number of para-hydroxylation sites is 1. The van der Waals surface area contributed by atoms with Gasteiger partial charge in [-0.05, 0) is 43.7 Å². The molecule has 1 heterocycles. The van der Waals surface area contributed by atoms with E-state index in [0.29, 0.717) is 11.5 Å². The van der Waals surface area contributed by atoms with Crippen molar-refractivity contribution < 1.29 is 19.0 Å². The number of nitrogens with one attached hydrogen (secondary N) is 1. The lowest BCUT2D eigenvalue weighted by Crippen LogP contribution is -2.37. The van der Waals surface area contributed by atoms with Crippen LogP contribution in [0.15, 0.2) is 48.5 Å². The van der Waals surface area contributed by atoms with E-state index < -0.39 is 6.10 Å². The summed E-state index contributed by atoms with van der Waals surface area (Å²) >= 11 is 0. The smallest absolute Gasteiger partial charge is 0.261 e. The Bertz CT molecular complexity index is 687. The van der Waals surface area contributed by atoms with E-state index in [-0.39, 0.29) is 18.7 Å². The van der Waals surface area contributed by atoms with Gasteiger partial charge in [0.1, 0.15) is 5.75 Å². The van der Waals surface area contributed by atoms with Crippen molar-refractivity contribution >= 4 is 5.91 Å². The molecule has 0 aromatic heterocycles. The van der Waals surface area contributed by atoms with Gasteiger partial charge in [0.05, 0.1) is 6.04 Å². The second-order valence-electron chi connectivity index (χ2n) is 5.42. The van der Waals surface area contributed by atoms with E-state index in [2.05, 4.69) is 5.32 Å². The Hall–Kier alpha value is -2.69. The van der Waals surface area contributed by atoms with Crippen molar-refractivity contribution in [3.63, 3.8) is 0 Å². The summed E-state index contributed by atoms with van der Waals surface area (Å²) in [5.41, 5.74) is 0.953. The summed E-state index contributed by atoms with van der Waals surface area (Å²) in [6.07, 6.45) is -0.575. The molecule has 3 rings (SSSR count). The highest BCUT2D eigenvalue weighted by atomic mass is 16.7. The molecule has 0 fully saturated rings. The molecule has 1 aliphatic rings. The van der Waals surface area contributed by atoms with Crippen molar-refractivity contribution in [2.45, 2.75) is 26.0 Å². The van der Waals surface area contributed by atoms with Crippen molar-refractivity contribution in [3.8, 4) is 17.2 Å². The highest BCUT2D eigenvalue weighted by Gasteiger charge is 2.20. The summed E-state index contributed by atoms with van der Waals surface area (Å²) in [6, 6.07) is 14.8. The molecule has 120 valence electrons. The maximum absolute atomic E-state index is 12.3. The summed E-state index contributed by atoms with van der Waals surface area (Å²) < 4.78 is 16.3. The Balaban J connectivity index is 1.60. The molecule has 0 spiro atoms. The first-order valence-corrected chi connectivity index (χ1v) is 7.55. The predicted octanol–water partition coefficient (Wildman–Crippen LogP) is 3.06. The topological polar surface area (TPSA) is 56.8 Å². The monoisotopic (exact) mass is 313 g/mol. The Labute approximate surface area is 135 Å². The Morgan fingerprint density at radius 1 is 1.09 bits per heavy atom. The second kappa shape index (κ2) is 6.60. The third-order valence-electron chi connectivity index (χ3n) is 3.68. The van der Waals surface area contributed by atoms with Crippen LogP contribution in [0.5, 0.6) is 17.2 Å². The predicted molar refractivity (Wildman–Crippen MR) is 85.7 cm³/mol. The number of ether oxygens (including phenoxy) is 3. The summed E-state index contributed by atoms with van der Waals surface area (Å²) in [6.45, 7) is 3.89. The molecule has 5 nitrogen and oxygen atoms in total. The molecular weight excluding hydrogens is 294 g/mol. The Morgan fingerprint density at radius 3 is 2.61 bits per heavy atom. The minimum Gasteiger partial charge on any atom is -0.481 e. The maximum atomic E-state index is 12.3. The van der Waals surface area contributed by atoms with Crippen LogP contribution < -0.4 is 19.5 Å². The van der Waals surface area contributed by atoms with Gasteiger partial charge in [-0.2, -0.15) is 0 Å². The molecule has 23 heavy (non-hydrogen) atoms. The number of fused-ring (bicyclic) bond motifs is 1. The van der Waals surface area contributed by atoms with Crippen molar-refractivity contribution in [2.24, 2.45) is 0 Å². The van der Waals surface area contributed by atoms with Crippen LogP contribution in [0.25, 0.3) is 0 Å². The Morgan fingerprint density at radius 2 is 1.83 bits per heavy atom. The van der Waals surface area contributed by atoms with Gasteiger partial charge >= 0.3 is 0 Å². The lowest BCUT2D eigenvalue weighted by Gasteiger charge is -2.19. The van der Waals surface area contributed by atoms with Gasteiger partial charge in [-0.15, -0.1) is 0 Å². The molecule has 5 heteroatoms. The van der Waals surface area contributed by atoms with Crippen LogP contribution in [0, 0.1) is 0 Å². The van der Waals surface area contributed by atoms with Crippen LogP contribution in [-0.2, 0) is 4.79 Å². The van der Waals surface area contributed by atoms with Crippen LogP contribution in [0.2, 0.25) is 0 Å². The van der Waals surface area contributed by atoms with E-state index in [1.165, 1.54) is 0 Å². The zero-order valence-electron chi connectivity index (χ0n) is 13.1. The zero-order valence-corrected chi connectivity index (χ0v) is 13.1. The number of benzene rings is 2. The van der Waals surface area contributed by atoms with Crippen molar-refractivity contribution in [3.05, 3.63) is 54.1 Å². The van der Waals surface area contributed by atoms with Crippen LogP contribution >= 0.6 is 0 Å². The first-order chi connectivity index (χ1) is 11.1. The van der Waals surface area contributed by atoms with Gasteiger partial charge in [0.25, 0.3) is 5.91 Å². The van der Waals surface area contributed by atoms with Crippen LogP contribution in [-0.4, -0.2) is 18.8 Å². The lowest BCUT2D eigenvalue weighted by atomic mass is 10.1. The number of carbonyl (C=O) groups excluding carboxylic acids is 1. The van der Waals surface area contributed by atoms with Gasteiger partial charge in [0.2, 0.25) is 6.79 Å². The molecule has 1 aliphatic heterocycles.